The molecule has 0 aliphatic carbocycles. The standard InChI is InChI=1S/C25H23O3PS/c1-4-20-7-9-23(10-8-20)19-26-29(30,27-24-15-11-21(5-2)12-16-24)28-25-17-13-22(6-3)14-18-25/h4-18H,1-3,19H2. The highest BCUT2D eigenvalue weighted by molar-refractivity contribution is 8.07. The zero-order valence-electron chi connectivity index (χ0n) is 16.6. The highest BCUT2D eigenvalue weighted by Gasteiger charge is 2.25. The van der Waals surface area contributed by atoms with Gasteiger partial charge >= 0.3 is 6.72 Å². The zero-order chi connectivity index (χ0) is 21.4. The van der Waals surface area contributed by atoms with Crippen molar-refractivity contribution in [2.24, 2.45) is 0 Å². The first-order valence-electron chi connectivity index (χ1n) is 9.34. The molecule has 0 N–H and O–H groups in total. The monoisotopic (exact) mass is 434 g/mol. The summed E-state index contributed by atoms with van der Waals surface area (Å²) in [4.78, 5) is 0. The summed E-state index contributed by atoms with van der Waals surface area (Å²) in [6.07, 6.45) is 5.32. The molecule has 0 saturated heterocycles. The van der Waals surface area contributed by atoms with Crippen molar-refractivity contribution in [3.63, 3.8) is 0 Å². The normalized spacial score (nSPS) is 10.8. The molecule has 3 aromatic rings. The Morgan fingerprint density at radius 1 is 0.633 bits per heavy atom. The predicted molar refractivity (Wildman–Crippen MR) is 130 cm³/mol. The van der Waals surface area contributed by atoms with Crippen molar-refractivity contribution >= 4 is 36.8 Å². The maximum Gasteiger partial charge on any atom is 0.435 e. The molecule has 0 aliphatic rings. The van der Waals surface area contributed by atoms with Crippen LogP contribution in [-0.4, -0.2) is 0 Å². The highest BCUT2D eigenvalue weighted by Crippen LogP contribution is 2.50. The Morgan fingerprint density at radius 3 is 1.37 bits per heavy atom. The lowest BCUT2D eigenvalue weighted by molar-refractivity contribution is 0.253. The van der Waals surface area contributed by atoms with E-state index in [9.17, 15) is 0 Å². The quantitative estimate of drug-likeness (QED) is 0.309. The predicted octanol–water partition coefficient (Wildman–Crippen LogP) is 7.51. The van der Waals surface area contributed by atoms with E-state index in [-0.39, 0.29) is 6.61 Å². The maximum atomic E-state index is 6.04. The molecule has 3 aromatic carbocycles. The smallest absolute Gasteiger partial charge is 0.416 e. The minimum atomic E-state index is -3.13. The number of hydrogen-bond acceptors (Lipinski definition) is 4. The molecule has 0 atom stereocenters. The van der Waals surface area contributed by atoms with E-state index in [2.05, 4.69) is 19.7 Å². The van der Waals surface area contributed by atoms with Crippen LogP contribution in [0, 0.1) is 0 Å². The molecule has 152 valence electrons. The maximum absolute atomic E-state index is 6.04. The Morgan fingerprint density at radius 2 is 1.00 bits per heavy atom. The van der Waals surface area contributed by atoms with E-state index in [0.717, 1.165) is 22.3 Å². The van der Waals surface area contributed by atoms with Gasteiger partial charge < -0.3 is 9.05 Å². The first-order chi connectivity index (χ1) is 14.5. The lowest BCUT2D eigenvalue weighted by atomic mass is 10.1. The van der Waals surface area contributed by atoms with Gasteiger partial charge in [0.15, 0.2) is 0 Å². The van der Waals surface area contributed by atoms with Gasteiger partial charge in [0.1, 0.15) is 11.5 Å². The van der Waals surface area contributed by atoms with Crippen LogP contribution in [0.4, 0.5) is 0 Å². The van der Waals surface area contributed by atoms with Gasteiger partial charge in [0.2, 0.25) is 0 Å². The third kappa shape index (κ3) is 6.04. The van der Waals surface area contributed by atoms with E-state index in [4.69, 9.17) is 25.4 Å². The molecule has 0 unspecified atom stereocenters. The fourth-order valence-corrected chi connectivity index (χ4v) is 4.45. The van der Waals surface area contributed by atoms with Crippen LogP contribution >= 0.6 is 6.72 Å². The van der Waals surface area contributed by atoms with Crippen LogP contribution in [0.3, 0.4) is 0 Å². The topological polar surface area (TPSA) is 27.7 Å². The lowest BCUT2D eigenvalue weighted by Crippen LogP contribution is -2.05. The van der Waals surface area contributed by atoms with Crippen LogP contribution in [0.15, 0.2) is 92.5 Å². The van der Waals surface area contributed by atoms with Crippen LogP contribution in [0.1, 0.15) is 22.3 Å². The van der Waals surface area contributed by atoms with E-state index in [0.29, 0.717) is 11.5 Å². The van der Waals surface area contributed by atoms with Gasteiger partial charge in [0, 0.05) is 11.8 Å². The fraction of sp³-hybridized carbons (Fsp3) is 0.0400. The molecule has 0 radical (unpaired) electrons. The third-order valence-electron chi connectivity index (χ3n) is 4.27. The van der Waals surface area contributed by atoms with E-state index in [1.165, 1.54) is 0 Å². The second-order valence-corrected chi connectivity index (χ2v) is 9.25. The van der Waals surface area contributed by atoms with E-state index in [1.54, 1.807) is 18.2 Å². The van der Waals surface area contributed by atoms with Crippen molar-refractivity contribution in [1.82, 2.24) is 0 Å². The molecule has 0 spiro atoms. The van der Waals surface area contributed by atoms with Crippen molar-refractivity contribution in [3.05, 3.63) is 115 Å². The van der Waals surface area contributed by atoms with Gasteiger partial charge in [-0.1, -0.05) is 86.5 Å². The van der Waals surface area contributed by atoms with Crippen LogP contribution in [0.25, 0.3) is 18.2 Å². The number of hydrogen-bond donors (Lipinski definition) is 0. The lowest BCUT2D eigenvalue weighted by Gasteiger charge is -2.23. The number of benzene rings is 3. The molecule has 0 aromatic heterocycles. The summed E-state index contributed by atoms with van der Waals surface area (Å²) in [6, 6.07) is 22.8. The molecule has 3 nitrogen and oxygen atoms in total. The Balaban J connectivity index is 1.80. The molecule has 0 amide bonds. The van der Waals surface area contributed by atoms with Gasteiger partial charge in [-0.15, -0.1) is 0 Å². The first kappa shape index (κ1) is 21.8. The Hall–Kier alpha value is -2.91. The van der Waals surface area contributed by atoms with Gasteiger partial charge in [-0.3, -0.25) is 4.52 Å². The average Bonchev–Trinajstić information content (AvgIpc) is 2.79. The Labute approximate surface area is 183 Å². The molecule has 5 heteroatoms. The van der Waals surface area contributed by atoms with E-state index in [1.807, 2.05) is 72.8 Å². The van der Waals surface area contributed by atoms with Crippen LogP contribution < -0.4 is 9.05 Å². The summed E-state index contributed by atoms with van der Waals surface area (Å²) in [5.74, 6) is 1.15. The van der Waals surface area contributed by atoms with Gasteiger partial charge in [-0.25, -0.2) is 0 Å². The Kier molecular flexibility index (Phi) is 7.42. The summed E-state index contributed by atoms with van der Waals surface area (Å²) in [5, 5.41) is 0. The molecular weight excluding hydrogens is 411 g/mol. The molecule has 0 fully saturated rings. The molecule has 0 bridgehead atoms. The molecule has 0 saturated carbocycles. The molecule has 3 rings (SSSR count). The summed E-state index contributed by atoms with van der Waals surface area (Å²) in [5.41, 5.74) is 3.97. The SMILES string of the molecule is C=Cc1ccc(COP(=S)(Oc2ccc(C=C)cc2)Oc2ccc(C=C)cc2)cc1. The average molecular weight is 434 g/mol. The molecule has 0 aliphatic heterocycles. The second kappa shape index (κ2) is 10.2. The second-order valence-electron chi connectivity index (χ2n) is 6.40. The highest BCUT2D eigenvalue weighted by atomic mass is 32.5. The molecular formula is C25H23O3PS. The molecule has 30 heavy (non-hydrogen) atoms. The minimum Gasteiger partial charge on any atom is -0.416 e. The van der Waals surface area contributed by atoms with Gasteiger partial charge in [-0.2, -0.15) is 0 Å². The van der Waals surface area contributed by atoms with Crippen molar-refractivity contribution < 1.29 is 13.6 Å². The summed E-state index contributed by atoms with van der Waals surface area (Å²) < 4.78 is 18.1. The van der Waals surface area contributed by atoms with E-state index >= 15 is 0 Å². The molecule has 0 heterocycles. The summed E-state index contributed by atoms with van der Waals surface area (Å²) >= 11 is 5.72. The van der Waals surface area contributed by atoms with Crippen LogP contribution in [0.2, 0.25) is 0 Å². The van der Waals surface area contributed by atoms with E-state index < -0.39 is 6.72 Å². The van der Waals surface area contributed by atoms with Crippen molar-refractivity contribution in [2.75, 3.05) is 0 Å². The largest absolute Gasteiger partial charge is 0.435 e. The summed E-state index contributed by atoms with van der Waals surface area (Å²) in [7, 11) is 0. The third-order valence-corrected chi connectivity index (χ3v) is 6.35. The van der Waals surface area contributed by atoms with Gasteiger partial charge in [0.05, 0.1) is 6.61 Å². The van der Waals surface area contributed by atoms with Crippen LogP contribution in [0.5, 0.6) is 11.5 Å². The first-order valence-corrected chi connectivity index (χ1v) is 11.9. The van der Waals surface area contributed by atoms with Crippen molar-refractivity contribution in [1.29, 1.82) is 0 Å². The Bertz CT molecular complexity index is 998. The minimum absolute atomic E-state index is 0.268. The van der Waals surface area contributed by atoms with Gasteiger partial charge in [0.25, 0.3) is 0 Å². The summed E-state index contributed by atoms with van der Waals surface area (Å²) in [6.45, 7) is 8.43. The number of rotatable bonds is 10. The van der Waals surface area contributed by atoms with Crippen molar-refractivity contribution in [2.45, 2.75) is 6.61 Å². The van der Waals surface area contributed by atoms with Gasteiger partial charge in [-0.05, 0) is 46.5 Å². The van der Waals surface area contributed by atoms with Crippen LogP contribution in [-0.2, 0) is 22.9 Å². The fourth-order valence-electron chi connectivity index (χ4n) is 2.56. The van der Waals surface area contributed by atoms with Crippen molar-refractivity contribution in [3.8, 4) is 11.5 Å². The zero-order valence-corrected chi connectivity index (χ0v) is 18.3.